The predicted octanol–water partition coefficient (Wildman–Crippen LogP) is 2.91. The van der Waals surface area contributed by atoms with Crippen molar-refractivity contribution in [2.45, 2.75) is 65.1 Å². The maximum atomic E-state index is 14.1. The summed E-state index contributed by atoms with van der Waals surface area (Å²) in [4.78, 5) is 64.5. The van der Waals surface area contributed by atoms with Crippen molar-refractivity contribution < 1.29 is 47.3 Å². The first-order chi connectivity index (χ1) is 18.0. The summed E-state index contributed by atoms with van der Waals surface area (Å²) in [5, 5.41) is 0. The number of esters is 4. The standard InChI is InChI=1S/C28H32O10/c1-6-7-18-15(9-11-36-18)20-14-28(3)16(26(33)38-20)8-10-27(2)17(25(32)35-5)12-19(23(31)24(27)28)37-22(30)13-21(29)34-4/h9,11,16-17,19-20,24H,8,10,12-14H2,1-5H3/t16-,17-,19-,20-,24-,27-,28-/m0/s1. The second kappa shape index (κ2) is 10.3. The minimum absolute atomic E-state index is 0.0714. The number of rotatable bonds is 5. The molecule has 3 fully saturated rings. The lowest BCUT2D eigenvalue weighted by molar-refractivity contribution is -0.210. The lowest BCUT2D eigenvalue weighted by Gasteiger charge is -2.61. The van der Waals surface area contributed by atoms with Crippen LogP contribution in [0.4, 0.5) is 0 Å². The smallest absolute Gasteiger partial charge is 0.317 e. The molecule has 3 aliphatic rings. The molecule has 0 spiro atoms. The van der Waals surface area contributed by atoms with Crippen LogP contribution in [0.25, 0.3) is 0 Å². The van der Waals surface area contributed by atoms with Crippen LogP contribution in [0, 0.1) is 40.4 Å². The van der Waals surface area contributed by atoms with Crippen molar-refractivity contribution in [2.75, 3.05) is 14.2 Å². The number of hydrogen-bond donors (Lipinski definition) is 0. The molecule has 4 rings (SSSR count). The van der Waals surface area contributed by atoms with Crippen molar-refractivity contribution in [2.24, 2.45) is 28.6 Å². The highest BCUT2D eigenvalue weighted by Crippen LogP contribution is 2.65. The molecule has 1 saturated heterocycles. The Bertz CT molecular complexity index is 1220. The molecule has 0 radical (unpaired) electrons. The number of Topliss-reactive ketones (excluding diaryl/α,β-unsaturated/α-hetero) is 1. The Kier molecular flexibility index (Phi) is 7.42. The van der Waals surface area contributed by atoms with E-state index < -0.39 is 71.1 Å². The van der Waals surface area contributed by atoms with E-state index >= 15 is 0 Å². The number of cyclic esters (lactones) is 1. The van der Waals surface area contributed by atoms with Crippen molar-refractivity contribution in [1.82, 2.24) is 0 Å². The molecular weight excluding hydrogens is 496 g/mol. The molecule has 38 heavy (non-hydrogen) atoms. The van der Waals surface area contributed by atoms with Gasteiger partial charge in [0, 0.05) is 17.9 Å². The van der Waals surface area contributed by atoms with Crippen molar-refractivity contribution in [1.29, 1.82) is 0 Å². The Balaban J connectivity index is 1.75. The van der Waals surface area contributed by atoms with Crippen molar-refractivity contribution >= 4 is 29.7 Å². The number of carbonyl (C=O) groups excluding carboxylic acids is 5. The molecule has 10 heteroatoms. The van der Waals surface area contributed by atoms with Crippen molar-refractivity contribution in [3.05, 3.63) is 23.7 Å². The molecule has 0 bridgehead atoms. The highest BCUT2D eigenvalue weighted by atomic mass is 16.6. The van der Waals surface area contributed by atoms with Crippen LogP contribution in [0.2, 0.25) is 0 Å². The molecule has 10 nitrogen and oxygen atoms in total. The summed E-state index contributed by atoms with van der Waals surface area (Å²) < 4.78 is 26.4. The summed E-state index contributed by atoms with van der Waals surface area (Å²) in [6.07, 6.45) is -0.148. The van der Waals surface area contributed by atoms with Crippen LogP contribution in [0.5, 0.6) is 0 Å². The molecule has 0 N–H and O–H groups in total. The molecule has 0 unspecified atom stereocenters. The van der Waals surface area contributed by atoms with Gasteiger partial charge in [0.2, 0.25) is 0 Å². The zero-order valence-electron chi connectivity index (χ0n) is 22.2. The van der Waals surface area contributed by atoms with Crippen LogP contribution in [0.1, 0.15) is 70.3 Å². The van der Waals surface area contributed by atoms with Gasteiger partial charge in [-0.1, -0.05) is 19.8 Å². The van der Waals surface area contributed by atoms with E-state index in [1.165, 1.54) is 13.4 Å². The van der Waals surface area contributed by atoms with Crippen molar-refractivity contribution in [3.63, 3.8) is 0 Å². The molecule has 0 amide bonds. The predicted molar refractivity (Wildman–Crippen MR) is 129 cm³/mol. The van der Waals surface area contributed by atoms with E-state index in [-0.39, 0.29) is 18.6 Å². The molecule has 2 aliphatic carbocycles. The molecular formula is C28H32O10. The third-order valence-corrected chi connectivity index (χ3v) is 8.66. The second-order valence-corrected chi connectivity index (χ2v) is 10.7. The first kappa shape index (κ1) is 27.4. The van der Waals surface area contributed by atoms with Gasteiger partial charge in [-0.25, -0.2) is 0 Å². The highest BCUT2D eigenvalue weighted by Gasteiger charge is 2.68. The number of carbonyl (C=O) groups is 5. The Morgan fingerprint density at radius 3 is 2.50 bits per heavy atom. The number of ketones is 1. The van der Waals surface area contributed by atoms with Gasteiger partial charge in [-0.05, 0) is 49.0 Å². The largest absolute Gasteiger partial charge is 0.469 e. The van der Waals surface area contributed by atoms with Crippen LogP contribution < -0.4 is 0 Å². The molecule has 0 aromatic carbocycles. The van der Waals surface area contributed by atoms with Gasteiger partial charge < -0.3 is 23.4 Å². The molecule has 1 aromatic heterocycles. The number of fused-ring (bicyclic) bond motifs is 3. The van der Waals surface area contributed by atoms with E-state index in [1.807, 2.05) is 13.8 Å². The Morgan fingerprint density at radius 2 is 1.84 bits per heavy atom. The van der Waals surface area contributed by atoms with Crippen molar-refractivity contribution in [3.8, 4) is 11.8 Å². The Morgan fingerprint density at radius 1 is 1.11 bits per heavy atom. The monoisotopic (exact) mass is 528 g/mol. The number of methoxy groups -OCH3 is 2. The summed E-state index contributed by atoms with van der Waals surface area (Å²) in [6, 6.07) is 1.70. The highest BCUT2D eigenvalue weighted by molar-refractivity contribution is 5.96. The molecule has 7 atom stereocenters. The first-order valence-electron chi connectivity index (χ1n) is 12.6. The summed E-state index contributed by atoms with van der Waals surface area (Å²) in [5.41, 5.74) is -1.18. The minimum Gasteiger partial charge on any atom is -0.469 e. The summed E-state index contributed by atoms with van der Waals surface area (Å²) in [6.45, 7) is 5.40. The quantitative estimate of drug-likeness (QED) is 0.243. The van der Waals surface area contributed by atoms with Crippen LogP contribution >= 0.6 is 0 Å². The number of furan rings is 1. The summed E-state index contributed by atoms with van der Waals surface area (Å²) in [7, 11) is 2.41. The third kappa shape index (κ3) is 4.48. The van der Waals surface area contributed by atoms with Crippen LogP contribution in [-0.2, 0) is 42.9 Å². The fourth-order valence-corrected chi connectivity index (χ4v) is 6.97. The van der Waals surface area contributed by atoms with Gasteiger partial charge in [0.25, 0.3) is 0 Å². The van der Waals surface area contributed by atoms with Gasteiger partial charge in [0.1, 0.15) is 12.5 Å². The maximum Gasteiger partial charge on any atom is 0.317 e. The molecule has 204 valence electrons. The fourth-order valence-electron chi connectivity index (χ4n) is 6.97. The zero-order chi connectivity index (χ0) is 27.8. The Labute approximate surface area is 220 Å². The minimum atomic E-state index is -1.28. The van der Waals surface area contributed by atoms with E-state index in [1.54, 1.807) is 13.0 Å². The SMILES string of the molecule is CC#Cc1occc1[C@@H]1C[C@]2(C)[C@H]3C(=O)[C@@H](OC(=O)CC(=O)OC)C[C@@H](C(=O)OC)[C@]3(C)CC[C@H]2C(=O)O1. The van der Waals surface area contributed by atoms with Crippen LogP contribution in [-0.4, -0.2) is 50.0 Å². The number of ether oxygens (including phenoxy) is 4. The van der Waals surface area contributed by atoms with Crippen LogP contribution in [0.15, 0.2) is 16.7 Å². The Hall–Kier alpha value is -3.61. The van der Waals surface area contributed by atoms with E-state index in [0.717, 1.165) is 7.11 Å². The van der Waals surface area contributed by atoms with E-state index in [0.29, 0.717) is 24.2 Å². The van der Waals surface area contributed by atoms with Crippen LogP contribution in [0.3, 0.4) is 0 Å². The van der Waals surface area contributed by atoms with E-state index in [4.69, 9.17) is 18.6 Å². The topological polar surface area (TPSA) is 135 Å². The second-order valence-electron chi connectivity index (χ2n) is 10.7. The lowest BCUT2D eigenvalue weighted by atomic mass is 9.43. The molecule has 2 heterocycles. The average molecular weight is 529 g/mol. The zero-order valence-corrected chi connectivity index (χ0v) is 22.2. The fraction of sp³-hybridized carbons (Fsp3) is 0.607. The molecule has 2 saturated carbocycles. The van der Waals surface area contributed by atoms with Gasteiger partial charge >= 0.3 is 23.9 Å². The maximum absolute atomic E-state index is 14.1. The molecule has 1 aliphatic heterocycles. The first-order valence-corrected chi connectivity index (χ1v) is 12.6. The summed E-state index contributed by atoms with van der Waals surface area (Å²) in [5.74, 6) is 0.761. The molecule has 1 aromatic rings. The normalized spacial score (nSPS) is 34.0. The average Bonchev–Trinajstić information content (AvgIpc) is 3.33. The van der Waals surface area contributed by atoms with E-state index in [9.17, 15) is 24.0 Å². The van der Waals surface area contributed by atoms with Gasteiger partial charge in [0.15, 0.2) is 17.6 Å². The van der Waals surface area contributed by atoms with Gasteiger partial charge in [-0.15, -0.1) is 0 Å². The number of hydrogen-bond acceptors (Lipinski definition) is 10. The third-order valence-electron chi connectivity index (χ3n) is 8.66. The van der Waals surface area contributed by atoms with Gasteiger partial charge in [-0.2, -0.15) is 0 Å². The lowest BCUT2D eigenvalue weighted by Crippen LogP contribution is -2.64. The van der Waals surface area contributed by atoms with Gasteiger partial charge in [0.05, 0.1) is 32.3 Å². The summed E-state index contributed by atoms with van der Waals surface area (Å²) >= 11 is 0. The van der Waals surface area contributed by atoms with E-state index in [2.05, 4.69) is 16.6 Å². The van der Waals surface area contributed by atoms with Gasteiger partial charge in [-0.3, -0.25) is 24.0 Å².